The number of carbonyl (C=O) groups is 2. The van der Waals surface area contributed by atoms with E-state index >= 15 is 0 Å². The van der Waals surface area contributed by atoms with Gasteiger partial charge < -0.3 is 24.4 Å². The van der Waals surface area contributed by atoms with E-state index in [2.05, 4.69) is 25.4 Å². The quantitative estimate of drug-likeness (QED) is 0.0383. The summed E-state index contributed by atoms with van der Waals surface area (Å²) in [5.41, 5.74) is 4.53. The Bertz CT molecular complexity index is 1330. The van der Waals surface area contributed by atoms with Crippen molar-refractivity contribution in [2.75, 3.05) is 26.3 Å². The van der Waals surface area contributed by atoms with Crippen LogP contribution in [0, 0.1) is 17.7 Å². The molecule has 9 heteroatoms. The molecule has 3 rings (SSSR count). The molecule has 264 valence electrons. The Morgan fingerprint density at radius 2 is 1.92 bits per heavy atom. The number of nitrogens with one attached hydrogen (secondary N) is 1. The van der Waals surface area contributed by atoms with Crippen molar-refractivity contribution in [2.24, 2.45) is 16.8 Å². The Morgan fingerprint density at radius 3 is 2.50 bits per heavy atom. The Kier molecular flexibility index (Phi) is 16.3. The minimum Gasteiger partial charge on any atom is -0.489 e. The first kappa shape index (κ1) is 38.9. The van der Waals surface area contributed by atoms with Gasteiger partial charge in [0.15, 0.2) is 6.29 Å². The van der Waals surface area contributed by atoms with Crippen LogP contribution in [0.4, 0.5) is 4.39 Å². The van der Waals surface area contributed by atoms with Crippen LogP contribution in [0.25, 0.3) is 0 Å². The molecule has 1 saturated carbocycles. The zero-order valence-corrected chi connectivity index (χ0v) is 29.7. The predicted molar refractivity (Wildman–Crippen MR) is 190 cm³/mol. The largest absolute Gasteiger partial charge is 0.489 e. The molecule has 0 spiro atoms. The van der Waals surface area contributed by atoms with Gasteiger partial charge in [0, 0.05) is 31.0 Å². The first-order chi connectivity index (χ1) is 23.0. The van der Waals surface area contributed by atoms with Gasteiger partial charge in [-0.1, -0.05) is 37.8 Å². The molecule has 2 amide bonds. The van der Waals surface area contributed by atoms with Crippen molar-refractivity contribution in [3.8, 4) is 0 Å². The number of ether oxygens (including phenoxy) is 3. The minimum atomic E-state index is -0.300. The molecule has 1 aromatic rings. The van der Waals surface area contributed by atoms with Crippen LogP contribution in [0.1, 0.15) is 91.5 Å². The van der Waals surface area contributed by atoms with Gasteiger partial charge in [-0.2, -0.15) is 0 Å². The Morgan fingerprint density at radius 1 is 1.17 bits per heavy atom. The molecule has 0 bridgehead atoms. The maximum Gasteiger partial charge on any atom is 0.251 e. The second-order valence-electron chi connectivity index (χ2n) is 13.1. The molecule has 0 aromatic heterocycles. The number of amides is 2. The average Bonchev–Trinajstić information content (AvgIpc) is 3.07. The Balaban J connectivity index is 1.77. The van der Waals surface area contributed by atoms with Crippen molar-refractivity contribution in [3.05, 3.63) is 82.7 Å². The number of nitrogens with zero attached hydrogens (tertiary/aromatic N) is 2. The molecule has 8 nitrogen and oxygen atoms in total. The predicted octanol–water partition coefficient (Wildman–Crippen LogP) is 7.82. The number of benzene rings is 1. The molecule has 1 aromatic carbocycles. The molecule has 2 aliphatic rings. The van der Waals surface area contributed by atoms with Crippen LogP contribution < -0.4 is 5.32 Å². The third-order valence-corrected chi connectivity index (χ3v) is 9.26. The summed E-state index contributed by atoms with van der Waals surface area (Å²) in [4.78, 5) is 32.0. The van der Waals surface area contributed by atoms with Crippen molar-refractivity contribution < 1.29 is 28.2 Å². The summed E-state index contributed by atoms with van der Waals surface area (Å²) in [5, 5.41) is 2.72. The van der Waals surface area contributed by atoms with Crippen LogP contribution in [0.5, 0.6) is 0 Å². The van der Waals surface area contributed by atoms with Crippen molar-refractivity contribution >= 4 is 18.5 Å². The van der Waals surface area contributed by atoms with E-state index in [1.165, 1.54) is 12.1 Å². The van der Waals surface area contributed by atoms with Crippen LogP contribution in [0.3, 0.4) is 0 Å². The molecule has 0 radical (unpaired) electrons. The summed E-state index contributed by atoms with van der Waals surface area (Å²) < 4.78 is 31.3. The summed E-state index contributed by atoms with van der Waals surface area (Å²) in [6, 6.07) is 6.45. The summed E-state index contributed by atoms with van der Waals surface area (Å²) in [6.07, 6.45) is 9.67. The van der Waals surface area contributed by atoms with E-state index in [4.69, 9.17) is 19.2 Å². The van der Waals surface area contributed by atoms with E-state index in [9.17, 15) is 14.0 Å². The summed E-state index contributed by atoms with van der Waals surface area (Å²) in [7, 11) is 0. The number of carbonyl (C=O) groups excluding carboxylic acids is 2. The molecule has 2 fully saturated rings. The fraction of sp³-hybridized carbons (Fsp3) is 0.564. The molecule has 1 aliphatic carbocycles. The van der Waals surface area contributed by atoms with E-state index in [0.717, 1.165) is 61.1 Å². The lowest BCUT2D eigenvalue weighted by molar-refractivity contribution is -0.163. The fourth-order valence-corrected chi connectivity index (χ4v) is 6.06. The number of allylic oxidation sites excluding steroid dienone is 4. The topological polar surface area (TPSA) is 89.5 Å². The Labute approximate surface area is 287 Å². The number of likely N-dealkylation sites (N-methyl/N-ethyl adjacent to an activating group) is 1. The number of aliphatic imine (C=N–C) groups is 1. The van der Waals surface area contributed by atoms with E-state index in [1.807, 2.05) is 20.8 Å². The highest BCUT2D eigenvalue weighted by molar-refractivity contribution is 5.94. The van der Waals surface area contributed by atoms with E-state index in [0.29, 0.717) is 74.7 Å². The van der Waals surface area contributed by atoms with Gasteiger partial charge in [-0.25, -0.2) is 4.39 Å². The maximum absolute atomic E-state index is 14.0. The monoisotopic (exact) mass is 665 g/mol. The molecule has 1 saturated heterocycles. The number of hydrogen-bond acceptors (Lipinski definition) is 6. The number of rotatable bonds is 20. The normalized spacial score (nSPS) is 20.2. The van der Waals surface area contributed by atoms with Gasteiger partial charge in [0.2, 0.25) is 6.41 Å². The maximum atomic E-state index is 14.0. The van der Waals surface area contributed by atoms with Crippen LogP contribution in [-0.2, 0) is 30.2 Å². The van der Waals surface area contributed by atoms with E-state index < -0.39 is 0 Å². The number of halogens is 1. The first-order valence-electron chi connectivity index (χ1n) is 17.5. The lowest BCUT2D eigenvalue weighted by atomic mass is 9.83. The van der Waals surface area contributed by atoms with Crippen LogP contribution in [-0.4, -0.2) is 62.1 Å². The zero-order valence-electron chi connectivity index (χ0n) is 29.7. The highest BCUT2D eigenvalue weighted by Gasteiger charge is 2.29. The standard InChI is InChI=1S/C39H56FN3O5/c1-8-43(21-11-23-47-37-12-9-10-22-46-37)39(45)35(31(7)42-26-44)19-16-33(24-32-14-17-34(40)18-15-32)30(6)38(27(2)3)41-25-29(5)48-36-20-13-28(36)4/h14-15,17-18,25-26,28,33,36-37H,5-6,8-13,16,19-24H2,1-4,7H3,(H,42,44)/b35-31-,41-25?. The second-order valence-corrected chi connectivity index (χ2v) is 13.1. The third kappa shape index (κ3) is 12.2. The van der Waals surface area contributed by atoms with E-state index in [-0.39, 0.29) is 30.0 Å². The molecule has 1 N–H and O–H groups in total. The van der Waals surface area contributed by atoms with Crippen molar-refractivity contribution in [3.63, 3.8) is 0 Å². The minimum absolute atomic E-state index is 0.122. The smallest absolute Gasteiger partial charge is 0.251 e. The van der Waals surface area contributed by atoms with Gasteiger partial charge in [-0.05, 0) is 121 Å². The highest BCUT2D eigenvalue weighted by atomic mass is 19.1. The van der Waals surface area contributed by atoms with E-state index in [1.54, 1.807) is 30.2 Å². The average molecular weight is 666 g/mol. The number of hydrogen-bond donors (Lipinski definition) is 1. The van der Waals surface area contributed by atoms with Crippen LogP contribution in [0.15, 0.2) is 76.3 Å². The second kappa shape index (κ2) is 20.1. The summed E-state index contributed by atoms with van der Waals surface area (Å²) in [6.45, 7) is 20.7. The molecule has 1 heterocycles. The molecular weight excluding hydrogens is 609 g/mol. The van der Waals surface area contributed by atoms with Crippen LogP contribution >= 0.6 is 0 Å². The molecule has 48 heavy (non-hydrogen) atoms. The zero-order chi connectivity index (χ0) is 35.1. The lowest BCUT2D eigenvalue weighted by Crippen LogP contribution is -2.35. The molecule has 4 atom stereocenters. The molecular formula is C39H56FN3O5. The van der Waals surface area contributed by atoms with Crippen molar-refractivity contribution in [1.29, 1.82) is 0 Å². The third-order valence-electron chi connectivity index (χ3n) is 9.26. The van der Waals surface area contributed by atoms with Gasteiger partial charge in [0.25, 0.3) is 5.91 Å². The summed E-state index contributed by atoms with van der Waals surface area (Å²) in [5.74, 6) is 0.456. The lowest BCUT2D eigenvalue weighted by Gasteiger charge is -2.33. The molecule has 4 unspecified atom stereocenters. The van der Waals surface area contributed by atoms with Gasteiger partial charge in [0.1, 0.15) is 17.7 Å². The Hall–Kier alpha value is -3.56. The molecule has 1 aliphatic heterocycles. The highest BCUT2D eigenvalue weighted by Crippen LogP contribution is 2.33. The van der Waals surface area contributed by atoms with Crippen molar-refractivity contribution in [2.45, 2.75) is 105 Å². The van der Waals surface area contributed by atoms with Gasteiger partial charge >= 0.3 is 0 Å². The first-order valence-corrected chi connectivity index (χ1v) is 17.5. The summed E-state index contributed by atoms with van der Waals surface area (Å²) >= 11 is 0. The van der Waals surface area contributed by atoms with Gasteiger partial charge in [-0.3, -0.25) is 14.6 Å². The van der Waals surface area contributed by atoms with Gasteiger partial charge in [-0.15, -0.1) is 0 Å². The van der Waals surface area contributed by atoms with Gasteiger partial charge in [0.05, 0.1) is 18.5 Å². The van der Waals surface area contributed by atoms with Crippen molar-refractivity contribution in [1.82, 2.24) is 10.2 Å². The fourth-order valence-electron chi connectivity index (χ4n) is 6.06. The SMILES string of the molecule is C=C(C=NC(C(=C)C(CC/C(C(=O)N(CC)CCCOC1CCCCO1)=C(\C)NC=O)Cc1ccc(F)cc1)=C(C)C)OC1CCC1C. The van der Waals surface area contributed by atoms with Crippen LogP contribution in [0.2, 0.25) is 0 Å².